The molecular weight excluding hydrogens is 226 g/mol. The number of rotatable bonds is 3. The summed E-state index contributed by atoms with van der Waals surface area (Å²) in [6.45, 7) is 2.03. The van der Waals surface area contributed by atoms with Gasteiger partial charge >= 0.3 is 5.97 Å². The van der Waals surface area contributed by atoms with Crippen molar-refractivity contribution in [1.29, 1.82) is 0 Å². The van der Waals surface area contributed by atoms with Crippen molar-refractivity contribution in [3.8, 4) is 0 Å². The van der Waals surface area contributed by atoms with Crippen LogP contribution in [0.3, 0.4) is 0 Å². The summed E-state index contributed by atoms with van der Waals surface area (Å²) in [6.07, 6.45) is 0. The van der Waals surface area contributed by atoms with Crippen molar-refractivity contribution in [2.24, 2.45) is 0 Å². The van der Waals surface area contributed by atoms with Gasteiger partial charge in [-0.25, -0.2) is 4.79 Å². The van der Waals surface area contributed by atoms with E-state index in [9.17, 15) is 4.79 Å². The molecule has 0 aliphatic carbocycles. The Morgan fingerprint density at radius 3 is 2.61 bits per heavy atom. The first kappa shape index (κ1) is 12.2. The maximum atomic E-state index is 11.6. The predicted octanol–water partition coefficient (Wildman–Crippen LogP) is 3.53. The van der Waals surface area contributed by atoms with E-state index in [1.54, 1.807) is 6.07 Å². The lowest BCUT2D eigenvalue weighted by Gasteiger charge is -2.11. The van der Waals surface area contributed by atoms with Crippen LogP contribution in [0.1, 0.15) is 15.9 Å². The Hall–Kier alpha value is -2.29. The van der Waals surface area contributed by atoms with E-state index in [0.29, 0.717) is 5.56 Å². The highest BCUT2D eigenvalue weighted by Gasteiger charge is 2.10. The van der Waals surface area contributed by atoms with Crippen molar-refractivity contribution in [3.63, 3.8) is 0 Å². The molecule has 2 aromatic rings. The molecule has 0 spiro atoms. The molecule has 3 nitrogen and oxygen atoms in total. The summed E-state index contributed by atoms with van der Waals surface area (Å²) < 4.78 is 4.76. The summed E-state index contributed by atoms with van der Waals surface area (Å²) >= 11 is 0. The van der Waals surface area contributed by atoms with E-state index < -0.39 is 0 Å². The first-order valence-corrected chi connectivity index (χ1v) is 5.72. The quantitative estimate of drug-likeness (QED) is 0.835. The van der Waals surface area contributed by atoms with Gasteiger partial charge in [-0.05, 0) is 36.8 Å². The first-order chi connectivity index (χ1) is 8.70. The lowest BCUT2D eigenvalue weighted by molar-refractivity contribution is 0.0602. The minimum Gasteiger partial charge on any atom is -0.465 e. The Kier molecular flexibility index (Phi) is 3.63. The molecule has 0 saturated heterocycles. The summed E-state index contributed by atoms with van der Waals surface area (Å²) in [5.41, 5.74) is 3.39. The minimum atomic E-state index is -0.342. The van der Waals surface area contributed by atoms with Gasteiger partial charge in [-0.1, -0.05) is 24.3 Å². The van der Waals surface area contributed by atoms with Crippen molar-refractivity contribution >= 4 is 17.3 Å². The van der Waals surface area contributed by atoms with Crippen molar-refractivity contribution in [2.75, 3.05) is 12.4 Å². The molecule has 18 heavy (non-hydrogen) atoms. The van der Waals surface area contributed by atoms with E-state index in [1.807, 2.05) is 49.4 Å². The standard InChI is InChI=1S/C15H15NO2/c1-11-6-5-7-12(10-11)16-14-9-4-3-8-13(14)15(17)18-2/h3-10,16H,1-2H3. The molecule has 0 unspecified atom stereocenters. The number of esters is 1. The molecule has 0 atom stereocenters. The molecule has 0 aliphatic heterocycles. The van der Waals surface area contributed by atoms with Crippen LogP contribution in [0.4, 0.5) is 11.4 Å². The van der Waals surface area contributed by atoms with Crippen molar-refractivity contribution < 1.29 is 9.53 Å². The van der Waals surface area contributed by atoms with Crippen LogP contribution in [0.25, 0.3) is 0 Å². The van der Waals surface area contributed by atoms with Gasteiger partial charge in [0.15, 0.2) is 0 Å². The molecule has 0 radical (unpaired) electrons. The maximum Gasteiger partial charge on any atom is 0.339 e. The molecule has 0 aromatic heterocycles. The van der Waals surface area contributed by atoms with Crippen molar-refractivity contribution in [3.05, 3.63) is 59.7 Å². The Morgan fingerprint density at radius 1 is 1.11 bits per heavy atom. The lowest BCUT2D eigenvalue weighted by Crippen LogP contribution is -2.05. The predicted molar refractivity (Wildman–Crippen MR) is 72.2 cm³/mol. The van der Waals surface area contributed by atoms with Gasteiger partial charge in [-0.2, -0.15) is 0 Å². The zero-order chi connectivity index (χ0) is 13.0. The summed E-state index contributed by atoms with van der Waals surface area (Å²) in [5, 5.41) is 3.23. The molecule has 1 N–H and O–H groups in total. The molecule has 2 aromatic carbocycles. The topological polar surface area (TPSA) is 38.3 Å². The zero-order valence-corrected chi connectivity index (χ0v) is 10.4. The third kappa shape index (κ3) is 2.69. The number of hydrogen-bond donors (Lipinski definition) is 1. The van der Waals surface area contributed by atoms with E-state index in [4.69, 9.17) is 4.74 Å². The SMILES string of the molecule is COC(=O)c1ccccc1Nc1cccc(C)c1. The fourth-order valence-corrected chi connectivity index (χ4v) is 1.76. The summed E-state index contributed by atoms with van der Waals surface area (Å²) in [6, 6.07) is 15.3. The van der Waals surface area contributed by atoms with Gasteiger partial charge in [0.05, 0.1) is 18.4 Å². The molecular formula is C15H15NO2. The van der Waals surface area contributed by atoms with E-state index in [2.05, 4.69) is 5.32 Å². The van der Waals surface area contributed by atoms with Crippen LogP contribution in [-0.4, -0.2) is 13.1 Å². The van der Waals surface area contributed by atoms with Gasteiger partial charge in [0.2, 0.25) is 0 Å². The average Bonchev–Trinajstić information content (AvgIpc) is 2.38. The van der Waals surface area contributed by atoms with Crippen LogP contribution >= 0.6 is 0 Å². The Bertz CT molecular complexity index is 564. The van der Waals surface area contributed by atoms with E-state index in [1.165, 1.54) is 7.11 Å². The Morgan fingerprint density at radius 2 is 1.89 bits per heavy atom. The monoisotopic (exact) mass is 241 g/mol. The van der Waals surface area contributed by atoms with Crippen LogP contribution < -0.4 is 5.32 Å². The number of carbonyl (C=O) groups is 1. The van der Waals surface area contributed by atoms with Crippen LogP contribution in [-0.2, 0) is 4.74 Å². The minimum absolute atomic E-state index is 0.342. The van der Waals surface area contributed by atoms with Gasteiger partial charge in [0.1, 0.15) is 0 Å². The second-order valence-electron chi connectivity index (χ2n) is 4.03. The number of nitrogens with one attached hydrogen (secondary N) is 1. The summed E-state index contributed by atoms with van der Waals surface area (Å²) in [7, 11) is 1.38. The van der Waals surface area contributed by atoms with E-state index in [-0.39, 0.29) is 5.97 Å². The number of ether oxygens (including phenoxy) is 1. The fourth-order valence-electron chi connectivity index (χ4n) is 1.76. The van der Waals surface area contributed by atoms with Crippen LogP contribution in [0.2, 0.25) is 0 Å². The number of methoxy groups -OCH3 is 1. The Balaban J connectivity index is 2.32. The van der Waals surface area contributed by atoms with Gasteiger partial charge in [-0.3, -0.25) is 0 Å². The highest BCUT2D eigenvalue weighted by Crippen LogP contribution is 2.22. The second-order valence-corrected chi connectivity index (χ2v) is 4.03. The number of benzene rings is 2. The zero-order valence-electron chi connectivity index (χ0n) is 10.4. The third-order valence-electron chi connectivity index (χ3n) is 2.63. The highest BCUT2D eigenvalue weighted by molar-refractivity contribution is 5.96. The highest BCUT2D eigenvalue weighted by atomic mass is 16.5. The fraction of sp³-hybridized carbons (Fsp3) is 0.133. The van der Waals surface area contributed by atoms with Crippen LogP contribution in [0.15, 0.2) is 48.5 Å². The van der Waals surface area contributed by atoms with Crippen LogP contribution in [0.5, 0.6) is 0 Å². The molecule has 92 valence electrons. The average molecular weight is 241 g/mol. The number of carbonyl (C=O) groups excluding carboxylic acids is 1. The molecule has 3 heteroatoms. The maximum absolute atomic E-state index is 11.6. The summed E-state index contributed by atoms with van der Waals surface area (Å²) in [5.74, 6) is -0.342. The van der Waals surface area contributed by atoms with Crippen LogP contribution in [0, 0.1) is 6.92 Å². The number of para-hydroxylation sites is 1. The molecule has 0 bridgehead atoms. The number of hydrogen-bond acceptors (Lipinski definition) is 3. The smallest absolute Gasteiger partial charge is 0.339 e. The molecule has 0 amide bonds. The normalized spacial score (nSPS) is 9.89. The summed E-state index contributed by atoms with van der Waals surface area (Å²) in [4.78, 5) is 11.6. The van der Waals surface area contributed by atoms with E-state index >= 15 is 0 Å². The van der Waals surface area contributed by atoms with E-state index in [0.717, 1.165) is 16.9 Å². The molecule has 2 rings (SSSR count). The molecule has 0 aliphatic rings. The van der Waals surface area contributed by atoms with Crippen molar-refractivity contribution in [1.82, 2.24) is 0 Å². The number of anilines is 2. The first-order valence-electron chi connectivity index (χ1n) is 5.72. The number of aryl methyl sites for hydroxylation is 1. The molecule has 0 fully saturated rings. The van der Waals surface area contributed by atoms with Crippen molar-refractivity contribution in [2.45, 2.75) is 6.92 Å². The lowest BCUT2D eigenvalue weighted by atomic mass is 10.1. The molecule has 0 heterocycles. The second kappa shape index (κ2) is 5.36. The Labute approximate surface area is 106 Å². The van der Waals surface area contributed by atoms with Gasteiger partial charge in [0.25, 0.3) is 0 Å². The van der Waals surface area contributed by atoms with Gasteiger partial charge in [0, 0.05) is 5.69 Å². The largest absolute Gasteiger partial charge is 0.465 e. The van der Waals surface area contributed by atoms with Gasteiger partial charge in [-0.15, -0.1) is 0 Å². The van der Waals surface area contributed by atoms with Gasteiger partial charge < -0.3 is 10.1 Å². The molecule has 0 saturated carbocycles. The third-order valence-corrected chi connectivity index (χ3v) is 2.63.